The van der Waals surface area contributed by atoms with E-state index >= 15 is 0 Å². The first kappa shape index (κ1) is 17.3. The fraction of sp³-hybridized carbons (Fsp3) is 0.286. The van der Waals surface area contributed by atoms with E-state index in [1.54, 1.807) is 0 Å². The molecule has 144 valence electrons. The normalized spacial score (nSPS) is 16.9. The zero-order valence-electron chi connectivity index (χ0n) is 15.3. The van der Waals surface area contributed by atoms with Gasteiger partial charge in [0, 0.05) is 11.9 Å². The second-order valence-corrected chi connectivity index (χ2v) is 7.37. The van der Waals surface area contributed by atoms with Crippen molar-refractivity contribution in [2.45, 2.75) is 32.5 Å². The molecule has 2 aliphatic heterocycles. The minimum atomic E-state index is -0.146. The van der Waals surface area contributed by atoms with Crippen LogP contribution in [0.3, 0.4) is 0 Å². The van der Waals surface area contributed by atoms with Gasteiger partial charge in [-0.05, 0) is 42.3 Å². The summed E-state index contributed by atoms with van der Waals surface area (Å²) < 4.78 is 18.8. The number of aromatic nitrogens is 1. The Hall–Kier alpha value is -2.86. The molecule has 0 bridgehead atoms. The summed E-state index contributed by atoms with van der Waals surface area (Å²) in [6, 6.07) is 11.2. The standard InChI is InChI=1S/C21H19ClN2O4/c1-2-13-10-24-16(8-14-15(22)4-6-18(28-13)20(14)24)21(25)23-9-12-3-5-17-19(7-12)27-11-26-17/h3-8,13H,2,9-11H2,1H3,(H,23,25)/t13-/m0/s1. The van der Waals surface area contributed by atoms with Crippen LogP contribution in [0.5, 0.6) is 17.2 Å². The molecular formula is C21H19ClN2O4. The smallest absolute Gasteiger partial charge is 0.268 e. The van der Waals surface area contributed by atoms with Crippen molar-refractivity contribution in [1.29, 1.82) is 0 Å². The predicted molar refractivity (Wildman–Crippen MR) is 105 cm³/mol. The van der Waals surface area contributed by atoms with Crippen molar-refractivity contribution in [3.8, 4) is 17.2 Å². The average Bonchev–Trinajstić information content (AvgIpc) is 3.34. The predicted octanol–water partition coefficient (Wildman–Crippen LogP) is 4.12. The Balaban J connectivity index is 1.44. The van der Waals surface area contributed by atoms with E-state index in [2.05, 4.69) is 12.2 Å². The summed E-state index contributed by atoms with van der Waals surface area (Å²) in [5.41, 5.74) is 2.41. The monoisotopic (exact) mass is 398 g/mol. The first-order valence-corrected chi connectivity index (χ1v) is 9.67. The molecule has 0 fully saturated rings. The van der Waals surface area contributed by atoms with Gasteiger partial charge < -0.3 is 24.1 Å². The van der Waals surface area contributed by atoms with Crippen LogP contribution >= 0.6 is 11.6 Å². The number of ether oxygens (including phenoxy) is 3. The van der Waals surface area contributed by atoms with Gasteiger partial charge in [-0.15, -0.1) is 0 Å². The lowest BCUT2D eigenvalue weighted by atomic mass is 10.2. The number of hydrogen-bond donors (Lipinski definition) is 1. The Bertz CT molecular complexity index is 1090. The van der Waals surface area contributed by atoms with E-state index in [4.69, 9.17) is 25.8 Å². The van der Waals surface area contributed by atoms with Crippen LogP contribution in [0, 0.1) is 0 Å². The molecule has 0 spiro atoms. The van der Waals surface area contributed by atoms with Crippen molar-refractivity contribution < 1.29 is 19.0 Å². The van der Waals surface area contributed by atoms with Gasteiger partial charge in [-0.2, -0.15) is 0 Å². The molecule has 2 aliphatic rings. The van der Waals surface area contributed by atoms with E-state index in [1.165, 1.54) is 0 Å². The van der Waals surface area contributed by atoms with Crippen molar-refractivity contribution in [2.24, 2.45) is 0 Å². The molecule has 6 nitrogen and oxygen atoms in total. The molecule has 1 N–H and O–H groups in total. The van der Waals surface area contributed by atoms with E-state index < -0.39 is 0 Å². The van der Waals surface area contributed by atoms with Gasteiger partial charge in [0.25, 0.3) is 5.91 Å². The van der Waals surface area contributed by atoms with Gasteiger partial charge in [0.15, 0.2) is 11.5 Å². The maximum atomic E-state index is 13.0. The van der Waals surface area contributed by atoms with Crippen molar-refractivity contribution in [2.75, 3.05) is 6.79 Å². The Morgan fingerprint density at radius 2 is 2.00 bits per heavy atom. The number of fused-ring (bicyclic) bond motifs is 1. The quantitative estimate of drug-likeness (QED) is 0.718. The minimum Gasteiger partial charge on any atom is -0.486 e. The SMILES string of the molecule is CC[C@H]1Cn2c(C(=O)NCc3ccc4c(c3)OCO4)cc3c(Cl)ccc(c32)O1. The number of nitrogens with one attached hydrogen (secondary N) is 1. The Labute approximate surface area is 166 Å². The molecule has 1 aromatic heterocycles. The van der Waals surface area contributed by atoms with E-state index in [9.17, 15) is 4.79 Å². The van der Waals surface area contributed by atoms with Crippen molar-refractivity contribution in [3.63, 3.8) is 0 Å². The third-order valence-corrected chi connectivity index (χ3v) is 5.56. The average molecular weight is 399 g/mol. The van der Waals surface area contributed by atoms with Gasteiger partial charge in [-0.1, -0.05) is 24.6 Å². The highest BCUT2D eigenvalue weighted by atomic mass is 35.5. The zero-order chi connectivity index (χ0) is 19.3. The number of carbonyl (C=O) groups is 1. The van der Waals surface area contributed by atoms with E-state index in [0.717, 1.165) is 34.4 Å². The van der Waals surface area contributed by atoms with Gasteiger partial charge in [0.2, 0.25) is 6.79 Å². The van der Waals surface area contributed by atoms with Crippen molar-refractivity contribution >= 4 is 28.4 Å². The van der Waals surface area contributed by atoms with Crippen LogP contribution in [0.1, 0.15) is 29.4 Å². The number of benzene rings is 2. The second-order valence-electron chi connectivity index (χ2n) is 6.97. The highest BCUT2D eigenvalue weighted by Crippen LogP contribution is 2.38. The third kappa shape index (κ3) is 2.76. The molecule has 1 atom stereocenters. The fourth-order valence-electron chi connectivity index (χ4n) is 3.74. The van der Waals surface area contributed by atoms with Crippen molar-refractivity contribution in [3.05, 3.63) is 52.7 Å². The molecular weight excluding hydrogens is 380 g/mol. The molecule has 0 saturated heterocycles. The van der Waals surface area contributed by atoms with Crippen LogP contribution in [0.15, 0.2) is 36.4 Å². The number of carbonyl (C=O) groups excluding carboxylic acids is 1. The second kappa shape index (κ2) is 6.63. The molecule has 1 amide bonds. The van der Waals surface area contributed by atoms with Crippen LogP contribution in [0.4, 0.5) is 0 Å². The number of rotatable bonds is 4. The summed E-state index contributed by atoms with van der Waals surface area (Å²) in [6.45, 7) is 3.33. The van der Waals surface area contributed by atoms with Crippen LogP contribution in [-0.2, 0) is 13.1 Å². The Morgan fingerprint density at radius 1 is 1.18 bits per heavy atom. The van der Waals surface area contributed by atoms with E-state index in [0.29, 0.717) is 29.6 Å². The summed E-state index contributed by atoms with van der Waals surface area (Å²) in [5, 5.41) is 4.44. The molecule has 2 aromatic carbocycles. The highest BCUT2D eigenvalue weighted by molar-refractivity contribution is 6.36. The Kier molecular flexibility index (Phi) is 4.09. The number of amides is 1. The molecule has 0 saturated carbocycles. The van der Waals surface area contributed by atoms with E-state index in [1.807, 2.05) is 41.0 Å². The molecule has 3 aromatic rings. The summed E-state index contributed by atoms with van der Waals surface area (Å²) in [5.74, 6) is 2.06. The Morgan fingerprint density at radius 3 is 2.86 bits per heavy atom. The lowest BCUT2D eigenvalue weighted by Crippen LogP contribution is -2.31. The summed E-state index contributed by atoms with van der Waals surface area (Å²) in [7, 11) is 0. The lowest BCUT2D eigenvalue weighted by molar-refractivity contribution is 0.0935. The van der Waals surface area contributed by atoms with Crippen LogP contribution < -0.4 is 19.5 Å². The largest absolute Gasteiger partial charge is 0.486 e. The molecule has 0 radical (unpaired) electrons. The van der Waals surface area contributed by atoms with Crippen LogP contribution in [0.25, 0.3) is 10.9 Å². The fourth-order valence-corrected chi connectivity index (χ4v) is 3.95. The van der Waals surface area contributed by atoms with Gasteiger partial charge in [0.1, 0.15) is 17.5 Å². The van der Waals surface area contributed by atoms with Gasteiger partial charge in [0.05, 0.1) is 17.1 Å². The summed E-state index contributed by atoms with van der Waals surface area (Å²) >= 11 is 6.37. The molecule has 3 heterocycles. The first-order chi connectivity index (χ1) is 13.6. The zero-order valence-corrected chi connectivity index (χ0v) is 16.1. The molecule has 0 aliphatic carbocycles. The van der Waals surface area contributed by atoms with Gasteiger partial charge >= 0.3 is 0 Å². The molecule has 5 rings (SSSR count). The maximum Gasteiger partial charge on any atom is 0.268 e. The van der Waals surface area contributed by atoms with Crippen molar-refractivity contribution in [1.82, 2.24) is 9.88 Å². The van der Waals surface area contributed by atoms with Crippen LogP contribution in [-0.4, -0.2) is 23.4 Å². The highest BCUT2D eigenvalue weighted by Gasteiger charge is 2.27. The maximum absolute atomic E-state index is 13.0. The minimum absolute atomic E-state index is 0.0321. The van der Waals surface area contributed by atoms with Crippen LogP contribution in [0.2, 0.25) is 5.02 Å². The summed E-state index contributed by atoms with van der Waals surface area (Å²) in [6.07, 6.45) is 0.893. The number of hydrogen-bond acceptors (Lipinski definition) is 4. The topological polar surface area (TPSA) is 61.7 Å². The first-order valence-electron chi connectivity index (χ1n) is 9.29. The van der Waals surface area contributed by atoms with Gasteiger partial charge in [-0.25, -0.2) is 0 Å². The molecule has 0 unspecified atom stereocenters. The number of nitrogens with zero attached hydrogens (tertiary/aromatic N) is 1. The number of halogens is 1. The van der Waals surface area contributed by atoms with E-state index in [-0.39, 0.29) is 18.8 Å². The molecule has 7 heteroatoms. The summed E-state index contributed by atoms with van der Waals surface area (Å²) in [4.78, 5) is 13.0. The third-order valence-electron chi connectivity index (χ3n) is 5.23. The lowest BCUT2D eigenvalue weighted by Gasteiger charge is -2.26. The van der Waals surface area contributed by atoms with Gasteiger partial charge in [-0.3, -0.25) is 4.79 Å². The molecule has 28 heavy (non-hydrogen) atoms.